The van der Waals surface area contributed by atoms with E-state index in [9.17, 15) is 9.90 Å². The first-order valence-electron chi connectivity index (χ1n) is 7.88. The molecule has 128 valence electrons. The molecule has 1 aromatic carbocycles. The molecule has 0 saturated heterocycles. The molecule has 5 nitrogen and oxygen atoms in total. The van der Waals surface area contributed by atoms with E-state index in [0.29, 0.717) is 22.9 Å². The van der Waals surface area contributed by atoms with Gasteiger partial charge in [-0.15, -0.1) is 0 Å². The van der Waals surface area contributed by atoms with E-state index >= 15 is 0 Å². The third-order valence-electron chi connectivity index (χ3n) is 3.83. The second-order valence-corrected chi connectivity index (χ2v) is 7.14. The molecular formula is C17H25ClN2O3. The number of ether oxygens (including phenoxy) is 1. The minimum atomic E-state index is -1.00. The van der Waals surface area contributed by atoms with Crippen LogP contribution in [0.5, 0.6) is 5.75 Å². The molecule has 1 atom stereocenters. The van der Waals surface area contributed by atoms with E-state index in [0.717, 1.165) is 12.8 Å². The Kier molecular flexibility index (Phi) is 5.89. The quantitative estimate of drug-likeness (QED) is 0.799. The highest BCUT2D eigenvalue weighted by atomic mass is 35.5. The second-order valence-electron chi connectivity index (χ2n) is 6.73. The Labute approximate surface area is 142 Å². The van der Waals surface area contributed by atoms with Crippen molar-refractivity contribution in [2.24, 2.45) is 0 Å². The Hall–Kier alpha value is -1.30. The molecule has 1 fully saturated rings. The molecule has 1 aliphatic carbocycles. The molecule has 0 radical (unpaired) electrons. The zero-order valence-electron chi connectivity index (χ0n) is 13.9. The highest BCUT2D eigenvalue weighted by Gasteiger charge is 2.23. The van der Waals surface area contributed by atoms with Gasteiger partial charge in [0.15, 0.2) is 0 Å². The molecule has 1 unspecified atom stereocenters. The number of hydrogen-bond acceptors (Lipinski definition) is 4. The number of nitrogens with zero attached hydrogens (tertiary/aromatic N) is 1. The molecule has 1 saturated carbocycles. The van der Waals surface area contributed by atoms with Crippen molar-refractivity contribution in [3.05, 3.63) is 28.8 Å². The smallest absolute Gasteiger partial charge is 0.252 e. The second kappa shape index (κ2) is 7.51. The average Bonchev–Trinajstić information content (AvgIpc) is 2.39. The van der Waals surface area contributed by atoms with Crippen LogP contribution in [0.15, 0.2) is 18.2 Å². The summed E-state index contributed by atoms with van der Waals surface area (Å²) in [6, 6.07) is 5.09. The number of hydrogen-bond donors (Lipinski definition) is 2. The van der Waals surface area contributed by atoms with Crippen molar-refractivity contribution < 1.29 is 14.6 Å². The maximum absolute atomic E-state index is 12.2. The molecule has 1 aromatic rings. The van der Waals surface area contributed by atoms with E-state index in [4.69, 9.17) is 16.3 Å². The number of benzene rings is 1. The van der Waals surface area contributed by atoms with Crippen molar-refractivity contribution in [2.75, 3.05) is 27.2 Å². The number of amides is 1. The lowest BCUT2D eigenvalue weighted by molar-refractivity contribution is 0.0326. The number of likely N-dealkylation sites (N-methyl/N-ethyl adjacent to an activating group) is 1. The zero-order chi connectivity index (χ0) is 17.0. The maximum atomic E-state index is 12.2. The average molecular weight is 341 g/mol. The number of carbonyl (C=O) groups excluding carboxylic acids is 1. The summed E-state index contributed by atoms with van der Waals surface area (Å²) >= 11 is 6.19. The van der Waals surface area contributed by atoms with Gasteiger partial charge in [0.2, 0.25) is 0 Å². The van der Waals surface area contributed by atoms with Crippen LogP contribution < -0.4 is 10.1 Å². The summed E-state index contributed by atoms with van der Waals surface area (Å²) in [7, 11) is 3.74. The first-order chi connectivity index (χ1) is 10.8. The van der Waals surface area contributed by atoms with Crippen LogP contribution in [-0.4, -0.2) is 54.8 Å². The van der Waals surface area contributed by atoms with Gasteiger partial charge in [0.1, 0.15) is 5.75 Å². The van der Waals surface area contributed by atoms with Crippen LogP contribution >= 0.6 is 11.6 Å². The first-order valence-corrected chi connectivity index (χ1v) is 8.26. The Morgan fingerprint density at radius 1 is 1.48 bits per heavy atom. The van der Waals surface area contributed by atoms with Crippen molar-refractivity contribution in [1.29, 1.82) is 0 Å². The van der Waals surface area contributed by atoms with Gasteiger partial charge in [-0.3, -0.25) is 4.79 Å². The van der Waals surface area contributed by atoms with E-state index in [1.807, 2.05) is 19.0 Å². The van der Waals surface area contributed by atoms with Gasteiger partial charge >= 0.3 is 0 Å². The van der Waals surface area contributed by atoms with Crippen LogP contribution in [0.1, 0.15) is 36.5 Å². The van der Waals surface area contributed by atoms with Crippen LogP contribution in [0, 0.1) is 0 Å². The maximum Gasteiger partial charge on any atom is 0.252 e. The molecule has 6 heteroatoms. The van der Waals surface area contributed by atoms with Crippen LogP contribution in [0.4, 0.5) is 0 Å². The number of carbonyl (C=O) groups is 1. The van der Waals surface area contributed by atoms with Crippen molar-refractivity contribution in [3.8, 4) is 5.75 Å². The van der Waals surface area contributed by atoms with Gasteiger partial charge in [0, 0.05) is 13.1 Å². The molecule has 0 bridgehead atoms. The van der Waals surface area contributed by atoms with Gasteiger partial charge < -0.3 is 20.1 Å². The van der Waals surface area contributed by atoms with E-state index in [-0.39, 0.29) is 18.6 Å². The summed E-state index contributed by atoms with van der Waals surface area (Å²) in [6.07, 6.45) is 3.61. The predicted octanol–water partition coefficient (Wildman–Crippen LogP) is 2.31. The van der Waals surface area contributed by atoms with Gasteiger partial charge in [-0.25, -0.2) is 0 Å². The Morgan fingerprint density at radius 3 is 2.70 bits per heavy atom. The standard InChI is InChI=1S/C17H25ClN2O3/c1-17(22,11-20(2)3)10-19-16(21)14-8-7-13(9-15(14)18)23-12-5-4-6-12/h7-9,12,22H,4-6,10-11H2,1-3H3,(H,19,21). The number of nitrogens with one attached hydrogen (secondary N) is 1. The number of halogens is 1. The third kappa shape index (κ3) is 5.37. The minimum Gasteiger partial charge on any atom is -0.490 e. The van der Waals surface area contributed by atoms with Crippen molar-refractivity contribution in [2.45, 2.75) is 37.9 Å². The lowest BCUT2D eigenvalue weighted by Crippen LogP contribution is -2.47. The summed E-state index contributed by atoms with van der Waals surface area (Å²) < 4.78 is 5.76. The SMILES string of the molecule is CN(C)CC(C)(O)CNC(=O)c1ccc(OC2CCC2)cc1Cl. The molecule has 0 aromatic heterocycles. The zero-order valence-corrected chi connectivity index (χ0v) is 14.7. The Morgan fingerprint density at radius 2 is 2.17 bits per heavy atom. The largest absolute Gasteiger partial charge is 0.490 e. The highest BCUT2D eigenvalue weighted by Crippen LogP contribution is 2.28. The molecule has 2 N–H and O–H groups in total. The van der Waals surface area contributed by atoms with Crippen LogP contribution in [0.3, 0.4) is 0 Å². The molecule has 0 spiro atoms. The molecular weight excluding hydrogens is 316 g/mol. The first kappa shape index (κ1) is 18.0. The van der Waals surface area contributed by atoms with Gasteiger partial charge in [0.05, 0.1) is 22.3 Å². The molecule has 1 aliphatic rings. The van der Waals surface area contributed by atoms with Crippen molar-refractivity contribution in [3.63, 3.8) is 0 Å². The van der Waals surface area contributed by atoms with Crippen molar-refractivity contribution >= 4 is 17.5 Å². The fourth-order valence-corrected chi connectivity index (χ4v) is 2.79. The fourth-order valence-electron chi connectivity index (χ4n) is 2.54. The molecule has 23 heavy (non-hydrogen) atoms. The lowest BCUT2D eigenvalue weighted by atomic mass is 9.96. The van der Waals surface area contributed by atoms with Gasteiger partial charge in [-0.05, 0) is 58.5 Å². The van der Waals surface area contributed by atoms with Gasteiger partial charge in [0.25, 0.3) is 5.91 Å². The summed E-state index contributed by atoms with van der Waals surface area (Å²) in [5.41, 5.74) is -0.618. The summed E-state index contributed by atoms with van der Waals surface area (Å²) in [6.45, 7) is 2.29. The number of rotatable bonds is 7. The summed E-state index contributed by atoms with van der Waals surface area (Å²) in [5, 5.41) is 13.3. The third-order valence-corrected chi connectivity index (χ3v) is 4.14. The highest BCUT2D eigenvalue weighted by molar-refractivity contribution is 6.34. The summed E-state index contributed by atoms with van der Waals surface area (Å²) in [5.74, 6) is 0.389. The fraction of sp³-hybridized carbons (Fsp3) is 0.588. The van der Waals surface area contributed by atoms with Gasteiger partial charge in [-0.1, -0.05) is 11.6 Å². The molecule has 1 amide bonds. The summed E-state index contributed by atoms with van der Waals surface area (Å²) in [4.78, 5) is 14.1. The molecule has 0 aliphatic heterocycles. The lowest BCUT2D eigenvalue weighted by Gasteiger charge is -2.27. The van der Waals surface area contributed by atoms with E-state index in [1.165, 1.54) is 6.42 Å². The monoisotopic (exact) mass is 340 g/mol. The van der Waals surface area contributed by atoms with E-state index in [2.05, 4.69) is 5.32 Å². The van der Waals surface area contributed by atoms with Crippen LogP contribution in [0.25, 0.3) is 0 Å². The number of aliphatic hydroxyl groups is 1. The van der Waals surface area contributed by atoms with E-state index in [1.54, 1.807) is 25.1 Å². The Balaban J connectivity index is 1.93. The molecule has 0 heterocycles. The van der Waals surface area contributed by atoms with Gasteiger partial charge in [-0.2, -0.15) is 0 Å². The Bertz CT molecular complexity index is 557. The minimum absolute atomic E-state index is 0.153. The normalized spacial score (nSPS) is 17.5. The predicted molar refractivity (Wildman–Crippen MR) is 91.2 cm³/mol. The van der Waals surface area contributed by atoms with Crippen LogP contribution in [-0.2, 0) is 0 Å². The topological polar surface area (TPSA) is 61.8 Å². The van der Waals surface area contributed by atoms with E-state index < -0.39 is 5.60 Å². The molecule has 2 rings (SSSR count). The van der Waals surface area contributed by atoms with Crippen LogP contribution in [0.2, 0.25) is 5.02 Å². The van der Waals surface area contributed by atoms with Crippen molar-refractivity contribution in [1.82, 2.24) is 10.2 Å².